The molecule has 186 valence electrons. The van der Waals surface area contributed by atoms with Gasteiger partial charge in [0.2, 0.25) is 17.8 Å². The summed E-state index contributed by atoms with van der Waals surface area (Å²) in [5, 5.41) is 6.11. The number of carbonyl (C=O) groups excluding carboxylic acids is 1. The summed E-state index contributed by atoms with van der Waals surface area (Å²) in [6.07, 6.45) is 11.8. The SMILES string of the molecule is CC(=O)Nc1cccc(Nc2ncnc(N3CC=C(c4ccccc4C4=CC=CCC4=S)CC3)n2)c1C. The van der Waals surface area contributed by atoms with Crippen LogP contribution in [0.5, 0.6) is 0 Å². The van der Waals surface area contributed by atoms with Gasteiger partial charge in [-0.1, -0.05) is 66.9 Å². The van der Waals surface area contributed by atoms with Crippen molar-refractivity contribution >= 4 is 57.4 Å². The minimum Gasteiger partial charge on any atom is -0.337 e. The lowest BCUT2D eigenvalue weighted by atomic mass is 9.88. The maximum atomic E-state index is 11.5. The quantitative estimate of drug-likeness (QED) is 0.402. The van der Waals surface area contributed by atoms with Crippen LogP contribution in [0.3, 0.4) is 0 Å². The molecule has 2 N–H and O–H groups in total. The van der Waals surface area contributed by atoms with Crippen LogP contribution in [-0.2, 0) is 4.79 Å². The van der Waals surface area contributed by atoms with Gasteiger partial charge in [-0.15, -0.1) is 0 Å². The molecule has 1 aliphatic heterocycles. The summed E-state index contributed by atoms with van der Waals surface area (Å²) in [4.78, 5) is 28.0. The Labute approximate surface area is 222 Å². The van der Waals surface area contributed by atoms with E-state index in [4.69, 9.17) is 12.2 Å². The van der Waals surface area contributed by atoms with Crippen LogP contribution in [0.15, 0.2) is 73.1 Å². The lowest BCUT2D eigenvalue weighted by molar-refractivity contribution is -0.114. The zero-order valence-corrected chi connectivity index (χ0v) is 21.7. The molecule has 7 nitrogen and oxygen atoms in total. The molecule has 2 heterocycles. The number of nitrogens with one attached hydrogen (secondary N) is 2. The van der Waals surface area contributed by atoms with Crippen LogP contribution in [-0.4, -0.2) is 38.8 Å². The normalized spacial score (nSPS) is 15.2. The number of anilines is 4. The molecule has 0 radical (unpaired) electrons. The van der Waals surface area contributed by atoms with Gasteiger partial charge in [0.1, 0.15) is 6.33 Å². The lowest BCUT2D eigenvalue weighted by Gasteiger charge is -2.28. The highest BCUT2D eigenvalue weighted by Gasteiger charge is 2.20. The van der Waals surface area contributed by atoms with Crippen LogP contribution < -0.4 is 15.5 Å². The Morgan fingerprint density at radius 1 is 1.05 bits per heavy atom. The highest BCUT2D eigenvalue weighted by atomic mass is 32.1. The number of amides is 1. The summed E-state index contributed by atoms with van der Waals surface area (Å²) < 4.78 is 0. The molecule has 0 bridgehead atoms. The van der Waals surface area contributed by atoms with Gasteiger partial charge < -0.3 is 15.5 Å². The van der Waals surface area contributed by atoms with Gasteiger partial charge in [0.15, 0.2) is 0 Å². The first-order valence-corrected chi connectivity index (χ1v) is 12.7. The number of thiocarbonyl (C=S) groups is 1. The smallest absolute Gasteiger partial charge is 0.232 e. The van der Waals surface area contributed by atoms with Crippen LogP contribution >= 0.6 is 12.2 Å². The molecule has 0 atom stereocenters. The molecule has 5 rings (SSSR count). The number of hydrogen-bond donors (Lipinski definition) is 2. The predicted molar refractivity (Wildman–Crippen MR) is 154 cm³/mol. The molecule has 0 unspecified atom stereocenters. The van der Waals surface area contributed by atoms with E-state index < -0.39 is 0 Å². The lowest BCUT2D eigenvalue weighted by Crippen LogP contribution is -2.30. The van der Waals surface area contributed by atoms with Crippen molar-refractivity contribution in [1.82, 2.24) is 15.0 Å². The standard InChI is InChI=1S/C29H28N6OS/c1-19-25(32-20(2)36)11-7-12-26(19)33-28-30-18-31-29(34-28)35-16-14-21(15-17-35)22-8-3-4-9-23(22)24-10-5-6-13-27(24)37/h3-12,14,18H,13,15-17H2,1-2H3,(H,32,36)(H,30,31,33,34). The van der Waals surface area contributed by atoms with E-state index in [9.17, 15) is 4.79 Å². The average molecular weight is 509 g/mol. The Bertz CT molecular complexity index is 1460. The Kier molecular flexibility index (Phi) is 7.18. The number of benzene rings is 2. The Hall–Kier alpha value is -4.17. The fourth-order valence-electron chi connectivity index (χ4n) is 4.59. The molecule has 1 amide bonds. The van der Waals surface area contributed by atoms with E-state index in [0.717, 1.165) is 46.8 Å². The topological polar surface area (TPSA) is 83.0 Å². The fourth-order valence-corrected chi connectivity index (χ4v) is 4.87. The second-order valence-electron chi connectivity index (χ2n) is 9.00. The number of rotatable bonds is 6. The molecule has 0 saturated heterocycles. The first kappa shape index (κ1) is 24.5. The number of carbonyl (C=O) groups is 1. The summed E-state index contributed by atoms with van der Waals surface area (Å²) in [5.41, 5.74) is 7.36. The summed E-state index contributed by atoms with van der Waals surface area (Å²) in [6, 6.07) is 14.2. The molecule has 1 aliphatic carbocycles. The summed E-state index contributed by atoms with van der Waals surface area (Å²) >= 11 is 5.65. The van der Waals surface area contributed by atoms with Crippen LogP contribution in [0, 0.1) is 6.92 Å². The molecule has 37 heavy (non-hydrogen) atoms. The van der Waals surface area contributed by atoms with Gasteiger partial charge in [0, 0.05) is 42.7 Å². The minimum absolute atomic E-state index is 0.113. The van der Waals surface area contributed by atoms with Crippen molar-refractivity contribution in [3.63, 3.8) is 0 Å². The average Bonchev–Trinajstić information content (AvgIpc) is 2.91. The van der Waals surface area contributed by atoms with E-state index in [0.29, 0.717) is 18.4 Å². The summed E-state index contributed by atoms with van der Waals surface area (Å²) in [7, 11) is 0. The molecule has 1 aromatic heterocycles. The van der Waals surface area contributed by atoms with E-state index in [1.807, 2.05) is 25.1 Å². The van der Waals surface area contributed by atoms with E-state index in [1.54, 1.807) is 0 Å². The third kappa shape index (κ3) is 5.49. The van der Waals surface area contributed by atoms with Gasteiger partial charge in [0.25, 0.3) is 0 Å². The van der Waals surface area contributed by atoms with Crippen LogP contribution in [0.25, 0.3) is 11.1 Å². The first-order chi connectivity index (χ1) is 18.0. The maximum Gasteiger partial charge on any atom is 0.232 e. The molecule has 2 aromatic carbocycles. The van der Waals surface area contributed by atoms with Gasteiger partial charge in [-0.2, -0.15) is 4.98 Å². The van der Waals surface area contributed by atoms with Gasteiger partial charge >= 0.3 is 0 Å². The van der Waals surface area contributed by atoms with Crippen molar-refractivity contribution in [2.75, 3.05) is 28.6 Å². The number of nitrogens with zero attached hydrogens (tertiary/aromatic N) is 4. The zero-order chi connectivity index (χ0) is 25.8. The number of aromatic nitrogens is 3. The fraction of sp³-hybridized carbons (Fsp3) is 0.207. The Morgan fingerprint density at radius 2 is 1.86 bits per heavy atom. The predicted octanol–water partition coefficient (Wildman–Crippen LogP) is 5.89. The van der Waals surface area contributed by atoms with Crippen molar-refractivity contribution in [2.45, 2.75) is 26.7 Å². The van der Waals surface area contributed by atoms with Crippen LogP contribution in [0.1, 0.15) is 36.5 Å². The number of hydrogen-bond acceptors (Lipinski definition) is 7. The van der Waals surface area contributed by atoms with Crippen molar-refractivity contribution < 1.29 is 4.79 Å². The third-order valence-electron chi connectivity index (χ3n) is 6.51. The van der Waals surface area contributed by atoms with Crippen LogP contribution in [0.2, 0.25) is 0 Å². The summed E-state index contributed by atoms with van der Waals surface area (Å²) in [5.74, 6) is 0.968. The molecule has 0 saturated carbocycles. The van der Waals surface area contributed by atoms with Crippen molar-refractivity contribution in [3.05, 3.63) is 89.8 Å². The Balaban J connectivity index is 1.34. The molecule has 8 heteroatoms. The van der Waals surface area contributed by atoms with Crippen molar-refractivity contribution in [3.8, 4) is 0 Å². The first-order valence-electron chi connectivity index (χ1n) is 12.3. The molecular weight excluding hydrogens is 480 g/mol. The summed E-state index contributed by atoms with van der Waals surface area (Å²) in [6.45, 7) is 4.93. The van der Waals surface area contributed by atoms with Crippen molar-refractivity contribution in [1.29, 1.82) is 0 Å². The number of allylic oxidation sites excluding steroid dienone is 4. The second-order valence-corrected chi connectivity index (χ2v) is 9.49. The molecular formula is C29H28N6OS. The molecule has 2 aliphatic rings. The molecule has 0 spiro atoms. The highest BCUT2D eigenvalue weighted by Crippen LogP contribution is 2.33. The van der Waals surface area contributed by atoms with E-state index >= 15 is 0 Å². The Morgan fingerprint density at radius 3 is 2.62 bits per heavy atom. The third-order valence-corrected chi connectivity index (χ3v) is 6.89. The zero-order valence-electron chi connectivity index (χ0n) is 20.9. The van der Waals surface area contributed by atoms with E-state index in [2.05, 4.69) is 79.1 Å². The van der Waals surface area contributed by atoms with E-state index in [1.165, 1.54) is 30.0 Å². The highest BCUT2D eigenvalue weighted by molar-refractivity contribution is 7.81. The van der Waals surface area contributed by atoms with E-state index in [-0.39, 0.29) is 5.91 Å². The maximum absolute atomic E-state index is 11.5. The van der Waals surface area contributed by atoms with Gasteiger partial charge in [-0.05, 0) is 53.3 Å². The van der Waals surface area contributed by atoms with Gasteiger partial charge in [-0.3, -0.25) is 4.79 Å². The largest absolute Gasteiger partial charge is 0.337 e. The second kappa shape index (κ2) is 10.8. The van der Waals surface area contributed by atoms with Crippen molar-refractivity contribution in [2.24, 2.45) is 0 Å². The molecule has 3 aromatic rings. The molecule has 0 fully saturated rings. The minimum atomic E-state index is -0.113. The van der Waals surface area contributed by atoms with Gasteiger partial charge in [-0.25, -0.2) is 9.97 Å². The monoisotopic (exact) mass is 508 g/mol. The van der Waals surface area contributed by atoms with Gasteiger partial charge in [0.05, 0.1) is 0 Å². The van der Waals surface area contributed by atoms with Crippen LogP contribution in [0.4, 0.5) is 23.3 Å².